The number of likely N-dealkylation sites (N-methyl/N-ethyl adjacent to an activating group) is 1. The third kappa shape index (κ3) is 3.00. The van der Waals surface area contributed by atoms with Crippen LogP contribution in [0.3, 0.4) is 0 Å². The molecule has 1 unspecified atom stereocenters. The van der Waals surface area contributed by atoms with Gasteiger partial charge in [-0.15, -0.1) is 0 Å². The first-order valence-electron chi connectivity index (χ1n) is 7.73. The summed E-state index contributed by atoms with van der Waals surface area (Å²) in [7, 11) is 3.51. The molecule has 3 fully saturated rings. The Morgan fingerprint density at radius 2 is 2.10 bits per heavy atom. The predicted octanol–water partition coefficient (Wildman–Crippen LogP) is 0.592. The molecule has 3 rings (SSSR count). The summed E-state index contributed by atoms with van der Waals surface area (Å²) in [6.07, 6.45) is 3.88. The summed E-state index contributed by atoms with van der Waals surface area (Å²) in [5.74, 6) is 1.43. The highest BCUT2D eigenvalue weighted by Gasteiger charge is 2.53. The van der Waals surface area contributed by atoms with E-state index in [-0.39, 0.29) is 18.1 Å². The van der Waals surface area contributed by atoms with E-state index < -0.39 is 0 Å². The van der Waals surface area contributed by atoms with Gasteiger partial charge in [0.05, 0.1) is 12.2 Å². The number of rotatable bonds is 6. The predicted molar refractivity (Wildman–Crippen MR) is 75.5 cm³/mol. The molecular formula is C15H26N2O3. The zero-order valence-corrected chi connectivity index (χ0v) is 12.6. The summed E-state index contributed by atoms with van der Waals surface area (Å²) in [6.45, 7) is 5.03. The van der Waals surface area contributed by atoms with E-state index in [0.717, 1.165) is 32.0 Å². The molecule has 2 heterocycles. The average Bonchev–Trinajstić information content (AvgIpc) is 3.08. The van der Waals surface area contributed by atoms with Crippen LogP contribution >= 0.6 is 0 Å². The van der Waals surface area contributed by atoms with Gasteiger partial charge in [0.2, 0.25) is 5.91 Å². The van der Waals surface area contributed by atoms with Crippen molar-refractivity contribution in [3.05, 3.63) is 0 Å². The van der Waals surface area contributed by atoms with Crippen molar-refractivity contribution in [1.29, 1.82) is 0 Å². The van der Waals surface area contributed by atoms with Crippen molar-refractivity contribution in [2.45, 2.75) is 24.9 Å². The van der Waals surface area contributed by atoms with Crippen LogP contribution in [0.1, 0.15) is 19.3 Å². The SMILES string of the molecule is CN(C)C(=O)COCC1CCOC12CN(CC1CC1)C2. The quantitative estimate of drug-likeness (QED) is 0.715. The molecular weight excluding hydrogens is 256 g/mol. The third-order valence-electron chi connectivity index (χ3n) is 4.84. The van der Waals surface area contributed by atoms with Crippen LogP contribution in [0.4, 0.5) is 0 Å². The van der Waals surface area contributed by atoms with E-state index in [1.54, 1.807) is 19.0 Å². The fourth-order valence-electron chi connectivity index (χ4n) is 3.29. The average molecular weight is 282 g/mol. The van der Waals surface area contributed by atoms with E-state index in [4.69, 9.17) is 9.47 Å². The van der Waals surface area contributed by atoms with Gasteiger partial charge in [-0.05, 0) is 25.2 Å². The molecule has 2 aliphatic heterocycles. The number of hydrogen-bond donors (Lipinski definition) is 0. The minimum Gasteiger partial charge on any atom is -0.372 e. The lowest BCUT2D eigenvalue weighted by atomic mass is 9.81. The molecule has 1 atom stereocenters. The highest BCUT2D eigenvalue weighted by Crippen LogP contribution is 2.42. The van der Waals surface area contributed by atoms with Crippen LogP contribution in [0.15, 0.2) is 0 Å². The fraction of sp³-hybridized carbons (Fsp3) is 0.933. The van der Waals surface area contributed by atoms with E-state index in [9.17, 15) is 4.79 Å². The van der Waals surface area contributed by atoms with Crippen molar-refractivity contribution < 1.29 is 14.3 Å². The van der Waals surface area contributed by atoms with Gasteiger partial charge < -0.3 is 14.4 Å². The van der Waals surface area contributed by atoms with E-state index in [1.807, 2.05) is 0 Å². The molecule has 20 heavy (non-hydrogen) atoms. The maximum Gasteiger partial charge on any atom is 0.248 e. The van der Waals surface area contributed by atoms with Gasteiger partial charge >= 0.3 is 0 Å². The zero-order chi connectivity index (χ0) is 14.2. The van der Waals surface area contributed by atoms with Crippen LogP contribution in [0.5, 0.6) is 0 Å². The molecule has 3 aliphatic rings. The molecule has 0 bridgehead atoms. The number of ether oxygens (including phenoxy) is 2. The van der Waals surface area contributed by atoms with Crippen molar-refractivity contribution in [3.8, 4) is 0 Å². The van der Waals surface area contributed by atoms with Crippen molar-refractivity contribution >= 4 is 5.91 Å². The molecule has 0 N–H and O–H groups in total. The van der Waals surface area contributed by atoms with Crippen LogP contribution in [0.2, 0.25) is 0 Å². The second-order valence-corrected chi connectivity index (χ2v) is 6.82. The normalized spacial score (nSPS) is 28.6. The number of carbonyl (C=O) groups excluding carboxylic acids is 1. The summed E-state index contributed by atoms with van der Waals surface area (Å²) in [5.41, 5.74) is 0.0239. The van der Waals surface area contributed by atoms with Gasteiger partial charge in [-0.25, -0.2) is 0 Å². The number of nitrogens with zero attached hydrogens (tertiary/aromatic N) is 2. The lowest BCUT2D eigenvalue weighted by Gasteiger charge is -2.50. The number of carbonyl (C=O) groups is 1. The van der Waals surface area contributed by atoms with Gasteiger partial charge in [-0.1, -0.05) is 0 Å². The van der Waals surface area contributed by atoms with E-state index in [2.05, 4.69) is 4.90 Å². The molecule has 114 valence electrons. The topological polar surface area (TPSA) is 42.0 Å². The summed E-state index contributed by atoms with van der Waals surface area (Å²) >= 11 is 0. The summed E-state index contributed by atoms with van der Waals surface area (Å²) < 4.78 is 11.6. The Bertz CT molecular complexity index is 362. The summed E-state index contributed by atoms with van der Waals surface area (Å²) in [4.78, 5) is 15.6. The molecule has 1 saturated carbocycles. The lowest BCUT2D eigenvalue weighted by molar-refractivity contribution is -0.149. The molecule has 5 nitrogen and oxygen atoms in total. The molecule has 0 radical (unpaired) electrons. The van der Waals surface area contributed by atoms with Crippen molar-refractivity contribution in [3.63, 3.8) is 0 Å². The Morgan fingerprint density at radius 1 is 1.35 bits per heavy atom. The van der Waals surface area contributed by atoms with Gasteiger partial charge in [-0.2, -0.15) is 0 Å². The van der Waals surface area contributed by atoms with E-state index >= 15 is 0 Å². The third-order valence-corrected chi connectivity index (χ3v) is 4.84. The van der Waals surface area contributed by atoms with Crippen molar-refractivity contribution in [1.82, 2.24) is 9.80 Å². The molecule has 2 saturated heterocycles. The van der Waals surface area contributed by atoms with E-state index in [1.165, 1.54) is 19.4 Å². The first kappa shape index (κ1) is 14.3. The smallest absolute Gasteiger partial charge is 0.248 e. The number of amides is 1. The highest BCUT2D eigenvalue weighted by molar-refractivity contribution is 5.76. The largest absolute Gasteiger partial charge is 0.372 e. The molecule has 0 aromatic rings. The monoisotopic (exact) mass is 282 g/mol. The van der Waals surface area contributed by atoms with E-state index in [0.29, 0.717) is 12.5 Å². The van der Waals surface area contributed by atoms with Gasteiger partial charge in [0.25, 0.3) is 0 Å². The molecule has 5 heteroatoms. The lowest BCUT2D eigenvalue weighted by Crippen LogP contribution is -2.65. The van der Waals surface area contributed by atoms with Crippen molar-refractivity contribution in [2.24, 2.45) is 11.8 Å². The molecule has 0 aromatic carbocycles. The highest BCUT2D eigenvalue weighted by atomic mass is 16.5. The first-order valence-corrected chi connectivity index (χ1v) is 7.73. The maximum atomic E-state index is 11.5. The fourth-order valence-corrected chi connectivity index (χ4v) is 3.29. The minimum atomic E-state index is 0.0239. The van der Waals surface area contributed by atoms with Gasteiger partial charge in [0.1, 0.15) is 6.61 Å². The Morgan fingerprint density at radius 3 is 2.75 bits per heavy atom. The van der Waals surface area contributed by atoms with Crippen LogP contribution in [0.25, 0.3) is 0 Å². The van der Waals surface area contributed by atoms with Crippen LogP contribution in [0, 0.1) is 11.8 Å². The second-order valence-electron chi connectivity index (χ2n) is 6.82. The zero-order valence-electron chi connectivity index (χ0n) is 12.6. The maximum absolute atomic E-state index is 11.5. The standard InChI is InChI=1S/C15H26N2O3/c1-16(2)14(18)9-19-8-13-5-6-20-15(13)10-17(11-15)7-12-3-4-12/h12-13H,3-11H2,1-2H3. The Hall–Kier alpha value is -0.650. The van der Waals surface area contributed by atoms with Crippen LogP contribution in [-0.2, 0) is 14.3 Å². The molecule has 1 spiro atoms. The summed E-state index contributed by atoms with van der Waals surface area (Å²) in [5, 5.41) is 0. The Labute approximate surface area is 121 Å². The first-order chi connectivity index (χ1) is 9.59. The van der Waals surface area contributed by atoms with Crippen LogP contribution in [-0.4, -0.2) is 74.9 Å². The molecule has 1 aliphatic carbocycles. The Kier molecular flexibility index (Phi) is 4.02. The van der Waals surface area contributed by atoms with Gasteiger partial charge in [0.15, 0.2) is 0 Å². The van der Waals surface area contributed by atoms with Crippen LogP contribution < -0.4 is 0 Å². The Balaban J connectivity index is 1.41. The number of likely N-dealkylation sites (tertiary alicyclic amines) is 1. The summed E-state index contributed by atoms with van der Waals surface area (Å²) in [6, 6.07) is 0. The van der Waals surface area contributed by atoms with Gasteiger partial charge in [0, 0.05) is 46.3 Å². The van der Waals surface area contributed by atoms with Crippen molar-refractivity contribution in [2.75, 3.05) is 53.6 Å². The second kappa shape index (κ2) is 5.62. The number of hydrogen-bond acceptors (Lipinski definition) is 4. The minimum absolute atomic E-state index is 0.0239. The van der Waals surface area contributed by atoms with Gasteiger partial charge in [-0.3, -0.25) is 9.69 Å². The molecule has 0 aromatic heterocycles. The molecule has 1 amide bonds.